The number of amides is 2. The van der Waals surface area contributed by atoms with Gasteiger partial charge in [-0.15, -0.1) is 0 Å². The fourth-order valence-electron chi connectivity index (χ4n) is 4.36. The number of fused-ring (bicyclic) bond motifs is 1. The van der Waals surface area contributed by atoms with Crippen molar-refractivity contribution in [2.75, 3.05) is 33.2 Å². The van der Waals surface area contributed by atoms with Gasteiger partial charge in [0.15, 0.2) is 11.5 Å². The summed E-state index contributed by atoms with van der Waals surface area (Å²) in [4.78, 5) is 33.1. The average Bonchev–Trinajstić information content (AvgIpc) is 2.87. The molecule has 1 aromatic heterocycles. The van der Waals surface area contributed by atoms with Gasteiger partial charge in [0.05, 0.1) is 38.5 Å². The molecule has 1 N–H and O–H groups in total. The van der Waals surface area contributed by atoms with E-state index in [9.17, 15) is 9.59 Å². The molecule has 2 heterocycles. The molecule has 2 amide bonds. The Morgan fingerprint density at radius 1 is 1.06 bits per heavy atom. The molecule has 2 atom stereocenters. The van der Waals surface area contributed by atoms with E-state index in [1.807, 2.05) is 25.1 Å². The summed E-state index contributed by atoms with van der Waals surface area (Å²) >= 11 is 0. The van der Waals surface area contributed by atoms with Crippen LogP contribution in [0.15, 0.2) is 60.9 Å². The number of anilines is 1. The molecule has 8 heteroatoms. The first-order chi connectivity index (χ1) is 16.5. The van der Waals surface area contributed by atoms with Gasteiger partial charge in [0.2, 0.25) is 5.91 Å². The standard InChI is InChI=1S/C26H27N3O5/c1-5-34-20-11-7-6-10-19(20)28-25(30)23-17-13-21(32-3)22(33-4)14-18(17)26(31)29(2)24(23)16-9-8-12-27-15-16/h6-15,23-24H,5H2,1-4H3,(H,28,30)/t23-,24-/m0/s1. The molecule has 1 aliphatic heterocycles. The highest BCUT2D eigenvalue weighted by Crippen LogP contribution is 2.46. The van der Waals surface area contributed by atoms with Crippen LogP contribution in [0.3, 0.4) is 0 Å². The SMILES string of the molecule is CCOc1ccccc1NC(=O)[C@H]1c2cc(OC)c(OC)cc2C(=O)N(C)[C@H]1c1cccnc1. The molecule has 0 radical (unpaired) electrons. The highest BCUT2D eigenvalue weighted by molar-refractivity contribution is 6.05. The summed E-state index contributed by atoms with van der Waals surface area (Å²) in [5, 5.41) is 3.01. The number of ether oxygens (including phenoxy) is 3. The number of methoxy groups -OCH3 is 2. The summed E-state index contributed by atoms with van der Waals surface area (Å²) in [6.45, 7) is 2.35. The number of rotatable bonds is 7. The average molecular weight is 462 g/mol. The van der Waals surface area contributed by atoms with Crippen molar-refractivity contribution in [1.82, 2.24) is 9.88 Å². The molecule has 34 heavy (non-hydrogen) atoms. The van der Waals surface area contributed by atoms with Crippen LogP contribution in [-0.4, -0.2) is 49.6 Å². The lowest BCUT2D eigenvalue weighted by Crippen LogP contribution is -2.44. The summed E-state index contributed by atoms with van der Waals surface area (Å²) < 4.78 is 16.6. The van der Waals surface area contributed by atoms with E-state index in [4.69, 9.17) is 14.2 Å². The second kappa shape index (κ2) is 9.82. The largest absolute Gasteiger partial charge is 0.493 e. The van der Waals surface area contributed by atoms with Gasteiger partial charge in [-0.25, -0.2) is 0 Å². The van der Waals surface area contributed by atoms with Gasteiger partial charge in [-0.05, 0) is 48.4 Å². The summed E-state index contributed by atoms with van der Waals surface area (Å²) in [5.74, 6) is 0.192. The molecule has 2 aromatic carbocycles. The van der Waals surface area contributed by atoms with Crippen molar-refractivity contribution in [2.45, 2.75) is 18.9 Å². The normalized spacial score (nSPS) is 17.1. The van der Waals surface area contributed by atoms with Crippen LogP contribution in [0, 0.1) is 0 Å². The molecule has 0 spiro atoms. The molecule has 0 bridgehead atoms. The van der Waals surface area contributed by atoms with Crippen molar-refractivity contribution in [3.05, 3.63) is 77.6 Å². The zero-order valence-electron chi connectivity index (χ0n) is 19.6. The Balaban J connectivity index is 1.86. The number of hydrogen-bond donors (Lipinski definition) is 1. The third-order valence-corrected chi connectivity index (χ3v) is 5.93. The number of nitrogens with one attached hydrogen (secondary N) is 1. The number of para-hydroxylation sites is 2. The van der Waals surface area contributed by atoms with Gasteiger partial charge in [-0.1, -0.05) is 18.2 Å². The predicted molar refractivity (Wildman–Crippen MR) is 128 cm³/mol. The Labute approximate surface area is 198 Å². The Morgan fingerprint density at radius 3 is 2.47 bits per heavy atom. The summed E-state index contributed by atoms with van der Waals surface area (Å²) in [5.41, 5.74) is 2.25. The van der Waals surface area contributed by atoms with Crippen molar-refractivity contribution in [3.63, 3.8) is 0 Å². The smallest absolute Gasteiger partial charge is 0.254 e. The van der Waals surface area contributed by atoms with E-state index in [2.05, 4.69) is 10.3 Å². The fraction of sp³-hybridized carbons (Fsp3) is 0.269. The molecule has 4 rings (SSSR count). The van der Waals surface area contributed by atoms with Gasteiger partial charge in [0.25, 0.3) is 5.91 Å². The van der Waals surface area contributed by atoms with Crippen LogP contribution in [-0.2, 0) is 4.79 Å². The molecule has 0 saturated carbocycles. The highest BCUT2D eigenvalue weighted by atomic mass is 16.5. The van der Waals surface area contributed by atoms with Crippen molar-refractivity contribution in [2.24, 2.45) is 0 Å². The topological polar surface area (TPSA) is 90.0 Å². The van der Waals surface area contributed by atoms with E-state index >= 15 is 0 Å². The van der Waals surface area contributed by atoms with Gasteiger partial charge < -0.3 is 24.4 Å². The fourth-order valence-corrected chi connectivity index (χ4v) is 4.36. The Hall–Kier alpha value is -4.07. The minimum Gasteiger partial charge on any atom is -0.493 e. The molecule has 3 aromatic rings. The molecule has 0 unspecified atom stereocenters. The first-order valence-corrected chi connectivity index (χ1v) is 11.0. The van der Waals surface area contributed by atoms with Crippen LogP contribution in [0.2, 0.25) is 0 Å². The van der Waals surface area contributed by atoms with Crippen molar-refractivity contribution in [3.8, 4) is 17.2 Å². The lowest BCUT2D eigenvalue weighted by molar-refractivity contribution is -0.119. The molecule has 0 fully saturated rings. The molecule has 176 valence electrons. The molecule has 0 aliphatic carbocycles. The second-order valence-electron chi connectivity index (χ2n) is 7.84. The summed E-state index contributed by atoms with van der Waals surface area (Å²) in [7, 11) is 4.72. The monoisotopic (exact) mass is 461 g/mol. The molecule has 8 nitrogen and oxygen atoms in total. The predicted octanol–water partition coefficient (Wildman–Crippen LogP) is 4.05. The number of nitrogens with zero attached hydrogens (tertiary/aromatic N) is 2. The number of aromatic nitrogens is 1. The molecular formula is C26H27N3O5. The van der Waals surface area contributed by atoms with E-state index < -0.39 is 12.0 Å². The van der Waals surface area contributed by atoms with Crippen molar-refractivity contribution < 1.29 is 23.8 Å². The van der Waals surface area contributed by atoms with E-state index in [-0.39, 0.29) is 11.8 Å². The van der Waals surface area contributed by atoms with Crippen LogP contribution >= 0.6 is 0 Å². The van der Waals surface area contributed by atoms with Crippen LogP contribution in [0.4, 0.5) is 5.69 Å². The number of pyridine rings is 1. The zero-order chi connectivity index (χ0) is 24.2. The van der Waals surface area contributed by atoms with Crippen molar-refractivity contribution >= 4 is 17.5 Å². The molecular weight excluding hydrogens is 434 g/mol. The third-order valence-electron chi connectivity index (χ3n) is 5.93. The van der Waals surface area contributed by atoms with Gasteiger partial charge in [-0.2, -0.15) is 0 Å². The maximum absolute atomic E-state index is 13.9. The maximum atomic E-state index is 13.9. The minimum absolute atomic E-state index is 0.219. The van der Waals surface area contributed by atoms with Crippen LogP contribution in [0.1, 0.15) is 40.4 Å². The second-order valence-corrected chi connectivity index (χ2v) is 7.84. The van der Waals surface area contributed by atoms with E-state index in [0.29, 0.717) is 40.7 Å². The quantitative estimate of drug-likeness (QED) is 0.571. The maximum Gasteiger partial charge on any atom is 0.254 e. The summed E-state index contributed by atoms with van der Waals surface area (Å²) in [6.07, 6.45) is 3.33. The molecule has 0 saturated heterocycles. The molecule has 1 aliphatic rings. The minimum atomic E-state index is -0.739. The van der Waals surface area contributed by atoms with Gasteiger partial charge in [-0.3, -0.25) is 14.6 Å². The number of hydrogen-bond acceptors (Lipinski definition) is 6. The zero-order valence-corrected chi connectivity index (χ0v) is 19.6. The number of carbonyl (C=O) groups is 2. The van der Waals surface area contributed by atoms with Gasteiger partial charge in [0, 0.05) is 25.0 Å². The van der Waals surface area contributed by atoms with Crippen LogP contribution in [0.5, 0.6) is 17.2 Å². The van der Waals surface area contributed by atoms with Gasteiger partial charge >= 0.3 is 0 Å². The van der Waals surface area contributed by atoms with E-state index in [0.717, 1.165) is 5.56 Å². The van der Waals surface area contributed by atoms with Crippen LogP contribution < -0.4 is 19.5 Å². The number of carbonyl (C=O) groups excluding carboxylic acids is 2. The lowest BCUT2D eigenvalue weighted by atomic mass is 9.79. The number of benzene rings is 2. The Bertz CT molecular complexity index is 1200. The van der Waals surface area contributed by atoms with E-state index in [1.165, 1.54) is 14.2 Å². The summed E-state index contributed by atoms with van der Waals surface area (Å²) in [6, 6.07) is 13.7. The van der Waals surface area contributed by atoms with Gasteiger partial charge in [0.1, 0.15) is 5.75 Å². The lowest BCUT2D eigenvalue weighted by Gasteiger charge is -2.40. The first kappa shape index (κ1) is 23.1. The first-order valence-electron chi connectivity index (χ1n) is 11.0. The Morgan fingerprint density at radius 2 is 1.79 bits per heavy atom. The van der Waals surface area contributed by atoms with Crippen LogP contribution in [0.25, 0.3) is 0 Å². The van der Waals surface area contributed by atoms with Crippen molar-refractivity contribution in [1.29, 1.82) is 0 Å². The van der Waals surface area contributed by atoms with E-state index in [1.54, 1.807) is 54.7 Å². The Kier molecular flexibility index (Phi) is 6.67. The highest BCUT2D eigenvalue weighted by Gasteiger charge is 2.43. The third kappa shape index (κ3) is 4.14. The number of likely N-dealkylation sites (N-methyl/N-ethyl adjacent to an activating group) is 1.